The fraction of sp³-hybridized carbons (Fsp3) is 0.538. The van der Waals surface area contributed by atoms with Gasteiger partial charge in [0.15, 0.2) is 0 Å². The number of hydrogen-bond donors (Lipinski definition) is 0. The van der Waals surface area contributed by atoms with Gasteiger partial charge >= 0.3 is 0 Å². The summed E-state index contributed by atoms with van der Waals surface area (Å²) >= 11 is 3.38. The van der Waals surface area contributed by atoms with Crippen molar-refractivity contribution < 1.29 is 12.6 Å². The summed E-state index contributed by atoms with van der Waals surface area (Å²) in [5, 5.41) is 0. The normalized spacial score (nSPS) is 19.0. The van der Waals surface area contributed by atoms with Crippen LogP contribution in [0.1, 0.15) is 37.4 Å². The van der Waals surface area contributed by atoms with Gasteiger partial charge in [0.1, 0.15) is 6.10 Å². The van der Waals surface area contributed by atoms with Gasteiger partial charge in [0.05, 0.1) is 6.26 Å². The van der Waals surface area contributed by atoms with E-state index in [9.17, 15) is 8.42 Å². The van der Waals surface area contributed by atoms with Crippen LogP contribution >= 0.6 is 15.9 Å². The van der Waals surface area contributed by atoms with Crippen LogP contribution in [0.5, 0.6) is 0 Å². The fourth-order valence-corrected chi connectivity index (χ4v) is 3.42. The first-order chi connectivity index (χ1) is 8.46. The number of hydrogen-bond acceptors (Lipinski definition) is 3. The third-order valence-electron chi connectivity index (χ3n) is 3.30. The molecular weight excluding hydrogens is 316 g/mol. The van der Waals surface area contributed by atoms with E-state index in [4.69, 9.17) is 4.18 Å². The van der Waals surface area contributed by atoms with Crippen LogP contribution in [0.4, 0.5) is 0 Å². The Morgan fingerprint density at radius 3 is 2.28 bits per heavy atom. The number of rotatable bonds is 4. The van der Waals surface area contributed by atoms with E-state index in [1.165, 1.54) is 0 Å². The highest BCUT2D eigenvalue weighted by Crippen LogP contribution is 2.39. The topological polar surface area (TPSA) is 43.4 Å². The third kappa shape index (κ3) is 3.80. The molecule has 18 heavy (non-hydrogen) atoms. The molecule has 1 aromatic carbocycles. The van der Waals surface area contributed by atoms with Gasteiger partial charge in [0.25, 0.3) is 10.1 Å². The molecule has 0 bridgehead atoms. The third-order valence-corrected chi connectivity index (χ3v) is 4.39. The van der Waals surface area contributed by atoms with Gasteiger partial charge in [-0.15, -0.1) is 0 Å². The molecule has 2 rings (SSSR count). The predicted molar refractivity (Wildman–Crippen MR) is 74.8 cm³/mol. The van der Waals surface area contributed by atoms with Crippen molar-refractivity contribution in [3.63, 3.8) is 0 Å². The lowest BCUT2D eigenvalue weighted by Crippen LogP contribution is -2.17. The van der Waals surface area contributed by atoms with Gasteiger partial charge in [0.2, 0.25) is 0 Å². The molecule has 100 valence electrons. The Labute approximate surface area is 117 Å². The first-order valence-electron chi connectivity index (χ1n) is 6.09. The highest BCUT2D eigenvalue weighted by atomic mass is 79.9. The van der Waals surface area contributed by atoms with Crippen molar-refractivity contribution in [2.24, 2.45) is 5.92 Å². The van der Waals surface area contributed by atoms with Gasteiger partial charge in [-0.25, -0.2) is 0 Å². The molecule has 0 spiro atoms. The van der Waals surface area contributed by atoms with E-state index < -0.39 is 10.1 Å². The van der Waals surface area contributed by atoms with Crippen molar-refractivity contribution in [1.82, 2.24) is 0 Å². The molecule has 0 amide bonds. The van der Waals surface area contributed by atoms with Crippen molar-refractivity contribution in [2.75, 3.05) is 6.26 Å². The van der Waals surface area contributed by atoms with E-state index in [1.807, 2.05) is 24.3 Å². The first-order valence-corrected chi connectivity index (χ1v) is 8.70. The second kappa shape index (κ2) is 5.72. The van der Waals surface area contributed by atoms with Gasteiger partial charge in [-0.1, -0.05) is 40.9 Å². The maximum atomic E-state index is 11.4. The van der Waals surface area contributed by atoms with Crippen LogP contribution < -0.4 is 0 Å². The Bertz CT molecular complexity index is 489. The molecule has 0 saturated heterocycles. The molecule has 0 N–H and O–H groups in total. The van der Waals surface area contributed by atoms with Gasteiger partial charge in [-0.3, -0.25) is 4.18 Å². The minimum absolute atomic E-state index is 0.306. The zero-order valence-electron chi connectivity index (χ0n) is 10.3. The van der Waals surface area contributed by atoms with Crippen molar-refractivity contribution >= 4 is 26.0 Å². The van der Waals surface area contributed by atoms with E-state index in [-0.39, 0.29) is 6.10 Å². The minimum atomic E-state index is -3.43. The van der Waals surface area contributed by atoms with Gasteiger partial charge in [-0.2, -0.15) is 8.42 Å². The molecule has 0 radical (unpaired) electrons. The smallest absolute Gasteiger partial charge is 0.262 e. The van der Waals surface area contributed by atoms with Crippen molar-refractivity contribution in [1.29, 1.82) is 0 Å². The van der Waals surface area contributed by atoms with Crippen LogP contribution in [0.3, 0.4) is 0 Å². The Morgan fingerprint density at radius 1 is 1.22 bits per heavy atom. The van der Waals surface area contributed by atoms with Crippen LogP contribution in [-0.4, -0.2) is 14.7 Å². The van der Waals surface area contributed by atoms with Crippen molar-refractivity contribution in [2.45, 2.75) is 31.8 Å². The SMILES string of the molecule is CS(=O)(=O)OC(c1ccc(Br)cc1)C1CCCC1. The standard InChI is InChI=1S/C13H17BrO3S/c1-18(15,16)17-13(10-4-2-3-5-10)11-6-8-12(14)9-7-11/h6-10,13H,2-5H2,1H3. The summed E-state index contributed by atoms with van der Waals surface area (Å²) < 4.78 is 29.1. The van der Waals surface area contributed by atoms with E-state index in [1.54, 1.807) is 0 Å². The molecule has 3 nitrogen and oxygen atoms in total. The number of benzene rings is 1. The molecule has 1 aromatic rings. The lowest BCUT2D eigenvalue weighted by atomic mass is 9.95. The molecule has 5 heteroatoms. The average molecular weight is 333 g/mol. The summed E-state index contributed by atoms with van der Waals surface area (Å²) in [6, 6.07) is 7.70. The van der Waals surface area contributed by atoms with Crippen LogP contribution in [0, 0.1) is 5.92 Å². The summed E-state index contributed by atoms with van der Waals surface area (Å²) in [7, 11) is -3.43. The largest absolute Gasteiger partial charge is 0.264 e. The molecule has 1 unspecified atom stereocenters. The second-order valence-corrected chi connectivity index (χ2v) is 7.33. The lowest BCUT2D eigenvalue weighted by molar-refractivity contribution is 0.146. The summed E-state index contributed by atoms with van der Waals surface area (Å²) in [6.45, 7) is 0. The molecule has 1 fully saturated rings. The van der Waals surface area contributed by atoms with Crippen LogP contribution in [0.25, 0.3) is 0 Å². The average Bonchev–Trinajstić information content (AvgIpc) is 2.79. The fourth-order valence-electron chi connectivity index (χ4n) is 2.51. The first kappa shape index (κ1) is 14.0. The lowest BCUT2D eigenvalue weighted by Gasteiger charge is -2.22. The van der Waals surface area contributed by atoms with Gasteiger partial charge in [0, 0.05) is 4.47 Å². The van der Waals surface area contributed by atoms with Gasteiger partial charge < -0.3 is 0 Å². The maximum Gasteiger partial charge on any atom is 0.264 e. The second-order valence-electron chi connectivity index (χ2n) is 4.82. The molecule has 1 saturated carbocycles. The Balaban J connectivity index is 2.25. The molecule has 0 aromatic heterocycles. The quantitative estimate of drug-likeness (QED) is 0.790. The summed E-state index contributed by atoms with van der Waals surface area (Å²) in [6.07, 6.45) is 5.17. The summed E-state index contributed by atoms with van der Waals surface area (Å²) in [5.74, 6) is 0.306. The van der Waals surface area contributed by atoms with Crippen molar-refractivity contribution in [3.05, 3.63) is 34.3 Å². The monoisotopic (exact) mass is 332 g/mol. The van der Waals surface area contributed by atoms with Crippen molar-refractivity contribution in [3.8, 4) is 0 Å². The summed E-state index contributed by atoms with van der Waals surface area (Å²) in [4.78, 5) is 0. The van der Waals surface area contributed by atoms with E-state index >= 15 is 0 Å². The highest BCUT2D eigenvalue weighted by Gasteiger charge is 2.29. The molecular formula is C13H17BrO3S. The van der Waals surface area contributed by atoms with Gasteiger partial charge in [-0.05, 0) is 36.5 Å². The van der Waals surface area contributed by atoms with E-state index in [0.717, 1.165) is 42.0 Å². The van der Waals surface area contributed by atoms with Crippen LogP contribution in [0.15, 0.2) is 28.7 Å². The van der Waals surface area contributed by atoms with E-state index in [0.29, 0.717) is 5.92 Å². The van der Waals surface area contributed by atoms with E-state index in [2.05, 4.69) is 15.9 Å². The Morgan fingerprint density at radius 2 is 1.78 bits per heavy atom. The molecule has 0 aliphatic heterocycles. The summed E-state index contributed by atoms with van der Waals surface area (Å²) in [5.41, 5.74) is 0.940. The highest BCUT2D eigenvalue weighted by molar-refractivity contribution is 9.10. The maximum absolute atomic E-state index is 11.4. The number of halogens is 1. The molecule has 1 atom stereocenters. The predicted octanol–water partition coefficient (Wildman–Crippen LogP) is 3.66. The minimum Gasteiger partial charge on any atom is -0.262 e. The molecule has 1 aliphatic carbocycles. The zero-order chi connectivity index (χ0) is 13.2. The molecule has 1 aliphatic rings. The Kier molecular flexibility index (Phi) is 4.45. The molecule has 0 heterocycles. The zero-order valence-corrected chi connectivity index (χ0v) is 12.7. The van der Waals surface area contributed by atoms with Crippen LogP contribution in [-0.2, 0) is 14.3 Å². The Hall–Kier alpha value is -0.390. The van der Waals surface area contributed by atoms with Crippen LogP contribution in [0.2, 0.25) is 0 Å².